The number of carbonyl (C=O) groups is 1. The van der Waals surface area contributed by atoms with E-state index in [0.717, 1.165) is 13.0 Å². The third kappa shape index (κ3) is 8.38. The molecule has 0 aromatic rings. The minimum Gasteiger partial charge on any atom is -0.444 e. The Balaban J connectivity index is 2.26. The van der Waals surface area contributed by atoms with Crippen molar-refractivity contribution >= 4 is 12.1 Å². The molecule has 0 aliphatic carbocycles. The van der Waals surface area contributed by atoms with Crippen LogP contribution in [-0.2, 0) is 9.47 Å². The number of amides is 1. The number of hydrogen-bond donors (Lipinski definition) is 1. The van der Waals surface area contributed by atoms with E-state index in [-0.39, 0.29) is 6.09 Å². The molecule has 0 atom stereocenters. The minimum absolute atomic E-state index is 0.267. The van der Waals surface area contributed by atoms with E-state index in [1.54, 1.807) is 4.90 Å². The van der Waals surface area contributed by atoms with Gasteiger partial charge in [-0.15, -0.1) is 0 Å². The second-order valence-electron chi connectivity index (χ2n) is 7.49. The number of carbonyl (C=O) groups excluding carboxylic acids is 1. The number of ether oxygens (including phenoxy) is 2. The molecule has 1 amide bonds. The van der Waals surface area contributed by atoms with E-state index in [0.29, 0.717) is 51.2 Å². The van der Waals surface area contributed by atoms with Gasteiger partial charge < -0.3 is 25.0 Å². The van der Waals surface area contributed by atoms with Crippen LogP contribution in [0.15, 0.2) is 4.99 Å². The molecular weight excluding hydrogens is 308 g/mol. The van der Waals surface area contributed by atoms with Crippen molar-refractivity contribution in [3.8, 4) is 0 Å². The zero-order chi connectivity index (χ0) is 18.2. The summed E-state index contributed by atoms with van der Waals surface area (Å²) in [5.41, 5.74) is 5.55. The highest BCUT2D eigenvalue weighted by molar-refractivity contribution is 5.78. The predicted molar refractivity (Wildman–Crippen MR) is 96.1 cm³/mol. The average Bonchev–Trinajstić information content (AvgIpc) is 2.48. The molecule has 0 radical (unpaired) electrons. The maximum Gasteiger partial charge on any atom is 0.410 e. The Labute approximate surface area is 146 Å². The fourth-order valence-corrected chi connectivity index (χ4v) is 2.19. The molecule has 1 saturated heterocycles. The van der Waals surface area contributed by atoms with Crippen LogP contribution in [0.5, 0.6) is 0 Å². The van der Waals surface area contributed by atoms with Crippen molar-refractivity contribution in [1.82, 2.24) is 9.80 Å². The smallest absolute Gasteiger partial charge is 0.410 e. The normalized spacial score (nSPS) is 16.7. The molecule has 1 fully saturated rings. The molecular formula is C17H34N4O3. The quantitative estimate of drug-likeness (QED) is 0.453. The summed E-state index contributed by atoms with van der Waals surface area (Å²) < 4.78 is 10.9. The van der Waals surface area contributed by atoms with Gasteiger partial charge in [0.1, 0.15) is 5.60 Å². The van der Waals surface area contributed by atoms with Crippen LogP contribution in [-0.4, -0.2) is 73.4 Å². The van der Waals surface area contributed by atoms with Gasteiger partial charge in [0.25, 0.3) is 0 Å². The minimum atomic E-state index is -0.468. The first-order valence-corrected chi connectivity index (χ1v) is 8.79. The van der Waals surface area contributed by atoms with Crippen LogP contribution < -0.4 is 5.73 Å². The highest BCUT2D eigenvalue weighted by Crippen LogP contribution is 2.11. The molecule has 7 heteroatoms. The number of rotatable bonds is 6. The molecule has 7 nitrogen and oxygen atoms in total. The van der Waals surface area contributed by atoms with E-state index < -0.39 is 5.60 Å². The molecule has 1 heterocycles. The van der Waals surface area contributed by atoms with E-state index in [4.69, 9.17) is 15.2 Å². The van der Waals surface area contributed by atoms with Gasteiger partial charge in [0.2, 0.25) is 0 Å². The molecule has 0 aromatic heterocycles. The Hall–Kier alpha value is -1.50. The average molecular weight is 342 g/mol. The van der Waals surface area contributed by atoms with E-state index in [9.17, 15) is 4.79 Å². The van der Waals surface area contributed by atoms with Crippen molar-refractivity contribution in [2.45, 2.75) is 46.6 Å². The molecule has 0 saturated carbocycles. The summed E-state index contributed by atoms with van der Waals surface area (Å²) in [7, 11) is 0. The van der Waals surface area contributed by atoms with Crippen LogP contribution in [0.2, 0.25) is 0 Å². The van der Waals surface area contributed by atoms with Gasteiger partial charge in [-0.3, -0.25) is 4.99 Å². The summed E-state index contributed by atoms with van der Waals surface area (Å²) >= 11 is 0. The largest absolute Gasteiger partial charge is 0.444 e. The number of aliphatic imine (C=N–C) groups is 1. The molecule has 0 unspecified atom stereocenters. The number of nitrogens with two attached hydrogens (primary N) is 1. The summed E-state index contributed by atoms with van der Waals surface area (Å²) in [4.78, 5) is 20.1. The zero-order valence-corrected chi connectivity index (χ0v) is 15.9. The first kappa shape index (κ1) is 20.5. The standard InChI is InChI=1S/C17H34N4O3/c1-14(2)6-12-23-13-7-19-15(18)20-8-10-21(11-9-20)16(22)24-17(3,4)5/h14H,6-13H2,1-5H3,(H2,18,19). The fraction of sp³-hybridized carbons (Fsp3) is 0.882. The van der Waals surface area contributed by atoms with Gasteiger partial charge in [-0.2, -0.15) is 0 Å². The van der Waals surface area contributed by atoms with E-state index in [1.807, 2.05) is 25.7 Å². The predicted octanol–water partition coefficient (Wildman–Crippen LogP) is 1.92. The van der Waals surface area contributed by atoms with Crippen molar-refractivity contribution in [2.75, 3.05) is 45.9 Å². The molecule has 140 valence electrons. The third-order valence-electron chi connectivity index (χ3n) is 3.60. The number of nitrogens with zero attached hydrogens (tertiary/aromatic N) is 3. The molecule has 0 spiro atoms. The molecule has 1 rings (SSSR count). The van der Waals surface area contributed by atoms with Gasteiger partial charge in [-0.25, -0.2) is 4.79 Å². The van der Waals surface area contributed by atoms with Crippen LogP contribution in [0.25, 0.3) is 0 Å². The molecule has 1 aliphatic rings. The first-order valence-electron chi connectivity index (χ1n) is 8.79. The summed E-state index contributed by atoms with van der Waals surface area (Å²) in [5, 5.41) is 0. The second-order valence-corrected chi connectivity index (χ2v) is 7.49. The van der Waals surface area contributed by atoms with Crippen LogP contribution in [0.4, 0.5) is 4.79 Å². The fourth-order valence-electron chi connectivity index (χ4n) is 2.19. The maximum absolute atomic E-state index is 12.0. The van der Waals surface area contributed by atoms with Crippen LogP contribution in [0, 0.1) is 5.92 Å². The lowest BCUT2D eigenvalue weighted by molar-refractivity contribution is 0.0186. The summed E-state index contributed by atoms with van der Waals surface area (Å²) in [6.07, 6.45) is 0.794. The lowest BCUT2D eigenvalue weighted by Gasteiger charge is -2.36. The lowest BCUT2D eigenvalue weighted by Crippen LogP contribution is -2.53. The Bertz CT molecular complexity index is 411. The van der Waals surface area contributed by atoms with E-state index in [2.05, 4.69) is 18.8 Å². The third-order valence-corrected chi connectivity index (χ3v) is 3.60. The van der Waals surface area contributed by atoms with Gasteiger partial charge >= 0.3 is 6.09 Å². The number of guanidine groups is 1. The van der Waals surface area contributed by atoms with E-state index in [1.165, 1.54) is 0 Å². The second kappa shape index (κ2) is 9.71. The highest BCUT2D eigenvalue weighted by Gasteiger charge is 2.26. The molecule has 0 bridgehead atoms. The van der Waals surface area contributed by atoms with Crippen molar-refractivity contribution in [1.29, 1.82) is 0 Å². The first-order chi connectivity index (χ1) is 11.2. The van der Waals surface area contributed by atoms with Crippen LogP contribution >= 0.6 is 0 Å². The highest BCUT2D eigenvalue weighted by atomic mass is 16.6. The van der Waals surface area contributed by atoms with Gasteiger partial charge in [0.15, 0.2) is 5.96 Å². The Morgan fingerprint density at radius 1 is 1.12 bits per heavy atom. The molecule has 1 aliphatic heterocycles. The Morgan fingerprint density at radius 2 is 1.71 bits per heavy atom. The van der Waals surface area contributed by atoms with Gasteiger partial charge in [0.05, 0.1) is 13.2 Å². The van der Waals surface area contributed by atoms with Crippen LogP contribution in [0.1, 0.15) is 41.0 Å². The molecule has 0 aromatic carbocycles. The van der Waals surface area contributed by atoms with Crippen molar-refractivity contribution in [2.24, 2.45) is 16.6 Å². The molecule has 2 N–H and O–H groups in total. The van der Waals surface area contributed by atoms with Crippen molar-refractivity contribution < 1.29 is 14.3 Å². The maximum atomic E-state index is 12.0. The Kier molecular flexibility index (Phi) is 8.31. The van der Waals surface area contributed by atoms with Crippen molar-refractivity contribution in [3.63, 3.8) is 0 Å². The van der Waals surface area contributed by atoms with Gasteiger partial charge in [-0.05, 0) is 33.1 Å². The number of hydrogen-bond acceptors (Lipinski definition) is 4. The molecule has 24 heavy (non-hydrogen) atoms. The Morgan fingerprint density at radius 3 is 2.25 bits per heavy atom. The SMILES string of the molecule is CC(C)CCOCCN=C(N)N1CCN(C(=O)OC(C)(C)C)CC1. The van der Waals surface area contributed by atoms with Crippen LogP contribution in [0.3, 0.4) is 0 Å². The topological polar surface area (TPSA) is 80.4 Å². The summed E-state index contributed by atoms with van der Waals surface area (Å²) in [6, 6.07) is 0. The monoisotopic (exact) mass is 342 g/mol. The zero-order valence-electron chi connectivity index (χ0n) is 15.9. The van der Waals surface area contributed by atoms with Crippen molar-refractivity contribution in [3.05, 3.63) is 0 Å². The summed E-state index contributed by atoms with van der Waals surface area (Å²) in [5.74, 6) is 1.17. The summed E-state index contributed by atoms with van der Waals surface area (Å²) in [6.45, 7) is 14.4. The number of piperazine rings is 1. The lowest BCUT2D eigenvalue weighted by atomic mass is 10.1. The van der Waals surface area contributed by atoms with E-state index >= 15 is 0 Å². The van der Waals surface area contributed by atoms with Gasteiger partial charge in [-0.1, -0.05) is 13.8 Å². The van der Waals surface area contributed by atoms with Gasteiger partial charge in [0, 0.05) is 32.8 Å².